The van der Waals surface area contributed by atoms with Gasteiger partial charge >= 0.3 is 0 Å². The van der Waals surface area contributed by atoms with Crippen LogP contribution in [-0.4, -0.2) is 57.6 Å². The lowest BCUT2D eigenvalue weighted by Gasteiger charge is -2.25. The lowest BCUT2D eigenvalue weighted by Crippen LogP contribution is -2.40. The van der Waals surface area contributed by atoms with Crippen LogP contribution in [0.2, 0.25) is 0 Å². The molecule has 0 unspecified atom stereocenters. The molecular formula is C25H50O5. The van der Waals surface area contributed by atoms with E-state index in [2.05, 4.69) is 27.7 Å². The highest BCUT2D eigenvalue weighted by molar-refractivity contribution is 4.90. The van der Waals surface area contributed by atoms with E-state index in [-0.39, 0.29) is 24.6 Å². The summed E-state index contributed by atoms with van der Waals surface area (Å²) in [7, 11) is 0. The lowest BCUT2D eigenvalue weighted by molar-refractivity contribution is -0.182. The van der Waals surface area contributed by atoms with Crippen molar-refractivity contribution in [3.63, 3.8) is 0 Å². The normalized spacial score (nSPS) is 24.0. The molecule has 0 spiro atoms. The summed E-state index contributed by atoms with van der Waals surface area (Å²) in [5.41, 5.74) is 0. The van der Waals surface area contributed by atoms with Crippen molar-refractivity contribution in [3.05, 3.63) is 0 Å². The van der Waals surface area contributed by atoms with Gasteiger partial charge in [-0.25, -0.2) is 0 Å². The monoisotopic (exact) mass is 430 g/mol. The molecule has 0 saturated carbocycles. The van der Waals surface area contributed by atoms with Gasteiger partial charge in [-0.15, -0.1) is 0 Å². The molecule has 5 heteroatoms. The molecule has 0 aromatic rings. The number of ether oxygens (including phenoxy) is 5. The highest BCUT2D eigenvalue weighted by atomic mass is 16.7. The Morgan fingerprint density at radius 1 is 0.533 bits per heavy atom. The van der Waals surface area contributed by atoms with Crippen molar-refractivity contribution in [2.24, 2.45) is 0 Å². The SMILES string of the molecule is CCCCCOC[C@H]1O[C@H](OCCCCC)[C@H](OCCCCC)[C@H]1OCCCCC. The summed E-state index contributed by atoms with van der Waals surface area (Å²) in [5, 5.41) is 0. The molecule has 4 atom stereocenters. The van der Waals surface area contributed by atoms with E-state index >= 15 is 0 Å². The third-order valence-electron chi connectivity index (χ3n) is 5.59. The Kier molecular flexibility index (Phi) is 18.1. The Bertz CT molecular complexity index is 365. The fraction of sp³-hybridized carbons (Fsp3) is 1.00. The highest BCUT2D eigenvalue weighted by Gasteiger charge is 2.47. The molecule has 1 rings (SSSR count). The van der Waals surface area contributed by atoms with Crippen molar-refractivity contribution >= 4 is 0 Å². The maximum Gasteiger partial charge on any atom is 0.186 e. The van der Waals surface area contributed by atoms with Crippen LogP contribution in [0.25, 0.3) is 0 Å². The summed E-state index contributed by atoms with van der Waals surface area (Å²) in [6.07, 6.45) is 13.0. The second-order valence-corrected chi connectivity index (χ2v) is 8.49. The minimum Gasteiger partial charge on any atom is -0.379 e. The maximum absolute atomic E-state index is 6.31. The molecule has 1 saturated heterocycles. The zero-order valence-corrected chi connectivity index (χ0v) is 20.4. The minimum atomic E-state index is -0.358. The summed E-state index contributed by atoms with van der Waals surface area (Å²) < 4.78 is 31.0. The molecule has 0 aromatic carbocycles. The molecule has 5 nitrogen and oxygen atoms in total. The molecule has 0 aliphatic carbocycles. The van der Waals surface area contributed by atoms with Gasteiger partial charge in [0.05, 0.1) is 6.61 Å². The van der Waals surface area contributed by atoms with Crippen LogP contribution in [0.3, 0.4) is 0 Å². The molecule has 30 heavy (non-hydrogen) atoms. The summed E-state index contributed by atoms with van der Waals surface area (Å²) >= 11 is 0. The lowest BCUT2D eigenvalue weighted by atomic mass is 10.1. The number of hydrogen-bond donors (Lipinski definition) is 0. The predicted octanol–water partition coefficient (Wildman–Crippen LogP) is 6.28. The summed E-state index contributed by atoms with van der Waals surface area (Å²) in [4.78, 5) is 0. The third-order valence-corrected chi connectivity index (χ3v) is 5.59. The number of hydrogen-bond acceptors (Lipinski definition) is 5. The minimum absolute atomic E-state index is 0.120. The van der Waals surface area contributed by atoms with Gasteiger partial charge in [0.2, 0.25) is 0 Å². The van der Waals surface area contributed by atoms with Crippen LogP contribution in [0.15, 0.2) is 0 Å². The van der Waals surface area contributed by atoms with Crippen LogP contribution in [0.1, 0.15) is 105 Å². The van der Waals surface area contributed by atoms with Gasteiger partial charge in [-0.1, -0.05) is 79.1 Å². The Morgan fingerprint density at radius 2 is 1.00 bits per heavy atom. The summed E-state index contributed by atoms with van der Waals surface area (Å²) in [6.45, 7) is 12.3. The van der Waals surface area contributed by atoms with Crippen LogP contribution in [-0.2, 0) is 23.7 Å². The summed E-state index contributed by atoms with van der Waals surface area (Å²) in [6, 6.07) is 0. The van der Waals surface area contributed by atoms with E-state index in [1.165, 1.54) is 51.4 Å². The number of unbranched alkanes of at least 4 members (excludes halogenated alkanes) is 8. The first-order valence-corrected chi connectivity index (χ1v) is 12.9. The van der Waals surface area contributed by atoms with Crippen molar-refractivity contribution in [2.75, 3.05) is 33.0 Å². The van der Waals surface area contributed by atoms with E-state index < -0.39 is 0 Å². The molecule has 0 N–H and O–H groups in total. The average molecular weight is 431 g/mol. The van der Waals surface area contributed by atoms with Gasteiger partial charge in [0.15, 0.2) is 6.29 Å². The molecule has 1 aliphatic rings. The molecule has 0 radical (unpaired) electrons. The van der Waals surface area contributed by atoms with Gasteiger partial charge in [-0.2, -0.15) is 0 Å². The Morgan fingerprint density at radius 3 is 1.53 bits per heavy atom. The van der Waals surface area contributed by atoms with E-state index in [9.17, 15) is 0 Å². The van der Waals surface area contributed by atoms with Gasteiger partial charge in [0.25, 0.3) is 0 Å². The van der Waals surface area contributed by atoms with E-state index in [4.69, 9.17) is 23.7 Å². The van der Waals surface area contributed by atoms with Crippen molar-refractivity contribution in [1.82, 2.24) is 0 Å². The van der Waals surface area contributed by atoms with Gasteiger partial charge in [0.1, 0.15) is 18.3 Å². The van der Waals surface area contributed by atoms with Crippen LogP contribution in [0.4, 0.5) is 0 Å². The topological polar surface area (TPSA) is 46.2 Å². The molecule has 1 fully saturated rings. The third kappa shape index (κ3) is 12.0. The summed E-state index contributed by atoms with van der Waals surface area (Å²) in [5.74, 6) is 0. The molecular weight excluding hydrogens is 380 g/mol. The van der Waals surface area contributed by atoms with Crippen LogP contribution in [0.5, 0.6) is 0 Å². The Balaban J connectivity index is 2.66. The van der Waals surface area contributed by atoms with Crippen molar-refractivity contribution in [2.45, 2.75) is 129 Å². The second-order valence-electron chi connectivity index (χ2n) is 8.49. The highest BCUT2D eigenvalue weighted by Crippen LogP contribution is 2.29. The van der Waals surface area contributed by atoms with E-state index in [0.29, 0.717) is 13.2 Å². The van der Waals surface area contributed by atoms with E-state index in [1.54, 1.807) is 0 Å². The van der Waals surface area contributed by atoms with Crippen LogP contribution < -0.4 is 0 Å². The molecule has 0 amide bonds. The fourth-order valence-electron chi connectivity index (χ4n) is 3.69. The largest absolute Gasteiger partial charge is 0.379 e. The zero-order chi connectivity index (χ0) is 21.9. The Hall–Kier alpha value is -0.200. The molecule has 180 valence electrons. The number of rotatable bonds is 21. The first-order chi connectivity index (χ1) is 14.8. The van der Waals surface area contributed by atoms with E-state index in [0.717, 1.165) is 45.5 Å². The predicted molar refractivity (Wildman–Crippen MR) is 123 cm³/mol. The quantitative estimate of drug-likeness (QED) is 0.201. The fourth-order valence-corrected chi connectivity index (χ4v) is 3.69. The molecule has 0 aromatic heterocycles. The molecule has 1 aliphatic heterocycles. The smallest absolute Gasteiger partial charge is 0.186 e. The standard InChI is InChI=1S/C25H50O5/c1-5-9-13-17-26-21-22-23(27-18-14-10-6-2)24(28-19-15-11-7-3)25(30-22)29-20-16-12-8-4/h22-25H,5-21H2,1-4H3/t22-,23+,24-,25+/m1/s1. The van der Waals surface area contributed by atoms with Gasteiger partial charge in [-0.05, 0) is 25.7 Å². The molecule has 1 heterocycles. The molecule has 0 bridgehead atoms. The average Bonchev–Trinajstić information content (AvgIpc) is 3.08. The van der Waals surface area contributed by atoms with E-state index in [1.807, 2.05) is 0 Å². The van der Waals surface area contributed by atoms with Crippen molar-refractivity contribution in [3.8, 4) is 0 Å². The van der Waals surface area contributed by atoms with Gasteiger partial charge < -0.3 is 23.7 Å². The maximum atomic E-state index is 6.31. The van der Waals surface area contributed by atoms with Gasteiger partial charge in [-0.3, -0.25) is 0 Å². The first kappa shape index (κ1) is 27.8. The van der Waals surface area contributed by atoms with Gasteiger partial charge in [0, 0.05) is 26.4 Å². The van der Waals surface area contributed by atoms with Crippen molar-refractivity contribution < 1.29 is 23.7 Å². The van der Waals surface area contributed by atoms with Crippen LogP contribution >= 0.6 is 0 Å². The second kappa shape index (κ2) is 19.5. The van der Waals surface area contributed by atoms with Crippen molar-refractivity contribution in [1.29, 1.82) is 0 Å². The first-order valence-electron chi connectivity index (χ1n) is 12.9. The Labute approximate surface area is 186 Å². The van der Waals surface area contributed by atoms with Crippen LogP contribution in [0, 0.1) is 0 Å². The zero-order valence-electron chi connectivity index (χ0n) is 20.4.